The van der Waals surface area contributed by atoms with E-state index in [0.29, 0.717) is 17.1 Å². The molecule has 0 saturated carbocycles. The van der Waals surface area contributed by atoms with E-state index in [2.05, 4.69) is 20.9 Å². The highest BCUT2D eigenvalue weighted by molar-refractivity contribution is 6.36. The van der Waals surface area contributed by atoms with Crippen LogP contribution in [-0.4, -0.2) is 22.8 Å². The Morgan fingerprint density at radius 2 is 1.89 bits per heavy atom. The molecule has 0 spiro atoms. The summed E-state index contributed by atoms with van der Waals surface area (Å²) in [5, 5.41) is 9.36. The molecule has 0 aliphatic rings. The van der Waals surface area contributed by atoms with Crippen LogP contribution in [-0.2, 0) is 9.59 Å². The number of nitrogens with one attached hydrogen (secondary N) is 3. The van der Waals surface area contributed by atoms with Gasteiger partial charge in [-0.25, -0.2) is 4.98 Å². The quantitative estimate of drug-likeness (QED) is 0.609. The molecule has 8 heteroatoms. The first kappa shape index (κ1) is 21.0. The normalized spacial score (nSPS) is 11.6. The van der Waals surface area contributed by atoms with Crippen molar-refractivity contribution in [3.63, 3.8) is 0 Å². The lowest BCUT2D eigenvalue weighted by Crippen LogP contribution is -2.32. The topological polar surface area (TPSA) is 83.1 Å². The standard InChI is InChI=1S/C19H22Cl2N4O2/c1-4-6-17(26)24-16-8-5-7-15(11(16)2)23-12(3)19(27)25-18-14(21)9-13(20)10-22-18/h5,7-10,12,23H,4,6H2,1-3H3,(H,24,26)(H,22,25,27). The molecule has 1 atom stereocenters. The van der Waals surface area contributed by atoms with Gasteiger partial charge in [0.1, 0.15) is 6.04 Å². The van der Waals surface area contributed by atoms with Crippen LogP contribution in [0, 0.1) is 6.92 Å². The third-order valence-corrected chi connectivity index (χ3v) is 4.39. The van der Waals surface area contributed by atoms with Gasteiger partial charge in [-0.1, -0.05) is 36.2 Å². The summed E-state index contributed by atoms with van der Waals surface area (Å²) in [5.74, 6) is -0.0874. The van der Waals surface area contributed by atoms with Crippen molar-refractivity contribution in [2.24, 2.45) is 0 Å². The Balaban J connectivity index is 2.07. The van der Waals surface area contributed by atoms with Gasteiger partial charge in [0.15, 0.2) is 5.82 Å². The minimum absolute atomic E-state index is 0.0352. The van der Waals surface area contributed by atoms with Crippen molar-refractivity contribution in [2.75, 3.05) is 16.0 Å². The lowest BCUT2D eigenvalue weighted by molar-refractivity contribution is -0.117. The molecule has 0 aliphatic carbocycles. The summed E-state index contributed by atoms with van der Waals surface area (Å²) < 4.78 is 0. The Kier molecular flexibility index (Phi) is 7.45. The Morgan fingerprint density at radius 1 is 1.19 bits per heavy atom. The second-order valence-electron chi connectivity index (χ2n) is 6.12. The Labute approximate surface area is 168 Å². The van der Waals surface area contributed by atoms with Crippen LogP contribution < -0.4 is 16.0 Å². The lowest BCUT2D eigenvalue weighted by atomic mass is 10.1. The SMILES string of the molecule is CCCC(=O)Nc1cccc(NC(C)C(=O)Nc2ncc(Cl)cc2Cl)c1C. The maximum atomic E-state index is 12.4. The third-order valence-electron chi connectivity index (χ3n) is 3.90. The summed E-state index contributed by atoms with van der Waals surface area (Å²) in [6.45, 7) is 5.56. The summed E-state index contributed by atoms with van der Waals surface area (Å²) in [4.78, 5) is 28.3. The van der Waals surface area contributed by atoms with Gasteiger partial charge in [-0.2, -0.15) is 0 Å². The number of anilines is 3. The minimum Gasteiger partial charge on any atom is -0.374 e. The van der Waals surface area contributed by atoms with E-state index in [1.165, 1.54) is 12.3 Å². The number of benzene rings is 1. The maximum absolute atomic E-state index is 12.4. The third kappa shape index (κ3) is 5.84. The molecule has 144 valence electrons. The van der Waals surface area contributed by atoms with Crippen molar-refractivity contribution in [3.05, 3.63) is 46.1 Å². The summed E-state index contributed by atoms with van der Waals surface area (Å²) in [6.07, 6.45) is 2.65. The van der Waals surface area contributed by atoms with E-state index >= 15 is 0 Å². The first-order valence-corrected chi connectivity index (χ1v) is 9.35. The van der Waals surface area contributed by atoms with Crippen LogP contribution in [0.25, 0.3) is 0 Å². The largest absolute Gasteiger partial charge is 0.374 e. The average Bonchev–Trinajstić information content (AvgIpc) is 2.61. The van der Waals surface area contributed by atoms with E-state index < -0.39 is 6.04 Å². The van der Waals surface area contributed by atoms with Crippen LogP contribution in [0.3, 0.4) is 0 Å². The van der Waals surface area contributed by atoms with Crippen molar-refractivity contribution < 1.29 is 9.59 Å². The van der Waals surface area contributed by atoms with Crippen molar-refractivity contribution in [2.45, 2.75) is 39.7 Å². The number of halogens is 2. The highest BCUT2D eigenvalue weighted by Crippen LogP contribution is 2.25. The number of nitrogens with zero attached hydrogens (tertiary/aromatic N) is 1. The molecule has 0 radical (unpaired) electrons. The summed E-state index contributed by atoms with van der Waals surface area (Å²) in [5.41, 5.74) is 2.32. The Morgan fingerprint density at radius 3 is 2.56 bits per heavy atom. The molecule has 1 aromatic carbocycles. The maximum Gasteiger partial charge on any atom is 0.247 e. The van der Waals surface area contributed by atoms with Crippen molar-refractivity contribution in [1.29, 1.82) is 0 Å². The van der Waals surface area contributed by atoms with Gasteiger partial charge in [0, 0.05) is 24.0 Å². The molecule has 1 aromatic heterocycles. The molecular formula is C19H22Cl2N4O2. The van der Waals surface area contributed by atoms with Crippen molar-refractivity contribution >= 4 is 52.2 Å². The number of amides is 2. The van der Waals surface area contributed by atoms with E-state index in [9.17, 15) is 9.59 Å². The number of rotatable bonds is 7. The fourth-order valence-corrected chi connectivity index (χ4v) is 2.82. The first-order chi connectivity index (χ1) is 12.8. The van der Waals surface area contributed by atoms with Gasteiger partial charge >= 0.3 is 0 Å². The zero-order chi connectivity index (χ0) is 20.0. The predicted octanol–water partition coefficient (Wildman–Crippen LogP) is 4.87. The number of hydrogen-bond acceptors (Lipinski definition) is 4. The number of carbonyl (C=O) groups excluding carboxylic acids is 2. The van der Waals surface area contributed by atoms with Gasteiger partial charge in [0.05, 0.1) is 10.0 Å². The molecule has 0 saturated heterocycles. The van der Waals surface area contributed by atoms with Crippen LogP contribution in [0.1, 0.15) is 32.3 Å². The number of pyridine rings is 1. The van der Waals surface area contributed by atoms with Gasteiger partial charge in [-0.3, -0.25) is 9.59 Å². The molecule has 2 amide bonds. The Hall–Kier alpha value is -2.31. The van der Waals surface area contributed by atoms with Gasteiger partial charge < -0.3 is 16.0 Å². The smallest absolute Gasteiger partial charge is 0.247 e. The van der Waals surface area contributed by atoms with Gasteiger partial charge in [0.2, 0.25) is 11.8 Å². The van der Waals surface area contributed by atoms with Crippen LogP contribution in [0.15, 0.2) is 30.5 Å². The number of aromatic nitrogens is 1. The van der Waals surface area contributed by atoms with E-state index in [1.54, 1.807) is 6.92 Å². The summed E-state index contributed by atoms with van der Waals surface area (Å²) >= 11 is 11.8. The van der Waals surface area contributed by atoms with Crippen LogP contribution >= 0.6 is 23.2 Å². The first-order valence-electron chi connectivity index (χ1n) is 8.59. The fraction of sp³-hybridized carbons (Fsp3) is 0.316. The highest BCUT2D eigenvalue weighted by atomic mass is 35.5. The molecule has 2 rings (SSSR count). The van der Waals surface area contributed by atoms with Crippen LogP contribution in [0.4, 0.5) is 17.2 Å². The average molecular weight is 409 g/mol. The molecule has 0 aliphatic heterocycles. The Bertz CT molecular complexity index is 842. The zero-order valence-corrected chi connectivity index (χ0v) is 16.9. The molecule has 27 heavy (non-hydrogen) atoms. The zero-order valence-electron chi connectivity index (χ0n) is 15.4. The fourth-order valence-electron chi connectivity index (χ4n) is 2.40. The monoisotopic (exact) mass is 408 g/mol. The van der Waals surface area contributed by atoms with Gasteiger partial charge in [-0.15, -0.1) is 0 Å². The van der Waals surface area contributed by atoms with Gasteiger partial charge in [0.25, 0.3) is 0 Å². The van der Waals surface area contributed by atoms with Crippen LogP contribution in [0.2, 0.25) is 10.0 Å². The molecule has 0 fully saturated rings. The van der Waals surface area contributed by atoms with Gasteiger partial charge in [-0.05, 0) is 44.0 Å². The molecular weight excluding hydrogens is 387 g/mol. The highest BCUT2D eigenvalue weighted by Gasteiger charge is 2.17. The number of carbonyl (C=O) groups is 2. The van der Waals surface area contributed by atoms with Crippen LogP contribution in [0.5, 0.6) is 0 Å². The van der Waals surface area contributed by atoms with E-state index in [-0.39, 0.29) is 22.7 Å². The second-order valence-corrected chi connectivity index (χ2v) is 6.96. The minimum atomic E-state index is -0.557. The molecule has 3 N–H and O–H groups in total. The van der Waals surface area contributed by atoms with Crippen molar-refractivity contribution in [1.82, 2.24) is 4.98 Å². The lowest BCUT2D eigenvalue weighted by Gasteiger charge is -2.19. The molecule has 2 aromatic rings. The van der Waals surface area contributed by atoms with E-state index in [0.717, 1.165) is 17.7 Å². The second kappa shape index (κ2) is 9.58. The van der Waals surface area contributed by atoms with Crippen molar-refractivity contribution in [3.8, 4) is 0 Å². The summed E-state index contributed by atoms with van der Waals surface area (Å²) in [6, 6.07) is 6.45. The molecule has 1 unspecified atom stereocenters. The van der Waals surface area contributed by atoms with E-state index in [1.807, 2.05) is 32.0 Å². The molecule has 0 bridgehead atoms. The summed E-state index contributed by atoms with van der Waals surface area (Å²) in [7, 11) is 0. The number of hydrogen-bond donors (Lipinski definition) is 3. The molecule has 6 nitrogen and oxygen atoms in total. The van der Waals surface area contributed by atoms with E-state index in [4.69, 9.17) is 23.2 Å². The predicted molar refractivity (Wildman–Crippen MR) is 111 cm³/mol. The molecule has 1 heterocycles.